The Morgan fingerprint density at radius 2 is 1.20 bits per heavy atom. The van der Waals surface area contributed by atoms with Gasteiger partial charge < -0.3 is 4.90 Å². The van der Waals surface area contributed by atoms with Crippen LogP contribution in [0.3, 0.4) is 0 Å². The van der Waals surface area contributed by atoms with Crippen LogP contribution in [0.5, 0.6) is 0 Å². The number of carbonyl (C=O) groups excluding carboxylic acids is 2. The zero-order valence-electron chi connectivity index (χ0n) is 16.9. The van der Waals surface area contributed by atoms with Crippen LogP contribution in [0.2, 0.25) is 0 Å². The molecule has 1 aliphatic heterocycles. The van der Waals surface area contributed by atoms with Crippen LogP contribution < -0.4 is 0 Å². The summed E-state index contributed by atoms with van der Waals surface area (Å²) in [4.78, 5) is 29.9. The van der Waals surface area contributed by atoms with E-state index in [-0.39, 0.29) is 11.8 Å². The Hall–Kier alpha value is -3.50. The van der Waals surface area contributed by atoms with Crippen molar-refractivity contribution in [2.45, 2.75) is 0 Å². The highest BCUT2D eigenvalue weighted by Crippen LogP contribution is 2.43. The summed E-state index contributed by atoms with van der Waals surface area (Å²) >= 11 is 0. The predicted octanol–water partition coefficient (Wildman–Crippen LogP) is 4.89. The van der Waals surface area contributed by atoms with E-state index in [1.54, 1.807) is 0 Å². The van der Waals surface area contributed by atoms with Gasteiger partial charge in [0.05, 0.1) is 0 Å². The minimum atomic E-state index is -0.199. The first-order valence-corrected chi connectivity index (χ1v) is 10.2. The van der Waals surface area contributed by atoms with E-state index >= 15 is 0 Å². The third-order valence-electron chi connectivity index (χ3n) is 6.37. The molecule has 0 atom stereocenters. The number of nitrogens with zero attached hydrogens (tertiary/aromatic N) is 2. The number of amides is 2. The fraction of sp³-hybridized carbons (Fsp3) is 0.154. The molecule has 0 saturated carbocycles. The van der Waals surface area contributed by atoms with Gasteiger partial charge in [0, 0.05) is 29.6 Å². The molecule has 0 N–H and O–H groups in total. The van der Waals surface area contributed by atoms with Gasteiger partial charge in [-0.05, 0) is 63.9 Å². The number of hydrogen-bond acceptors (Lipinski definition) is 3. The summed E-state index contributed by atoms with van der Waals surface area (Å²) in [6, 6.07) is 20.6. The first-order chi connectivity index (χ1) is 14.6. The third-order valence-corrected chi connectivity index (χ3v) is 6.37. The zero-order chi connectivity index (χ0) is 20.6. The Morgan fingerprint density at radius 3 is 1.73 bits per heavy atom. The van der Waals surface area contributed by atoms with Gasteiger partial charge in [0.2, 0.25) is 0 Å². The Kier molecular flexibility index (Phi) is 3.47. The highest BCUT2D eigenvalue weighted by Gasteiger charge is 2.33. The molecule has 2 amide bonds. The summed E-state index contributed by atoms with van der Waals surface area (Å²) in [5.74, 6) is -0.398. The summed E-state index contributed by atoms with van der Waals surface area (Å²) in [6.45, 7) is 1.03. The summed E-state index contributed by atoms with van der Waals surface area (Å²) in [5, 5.41) is 8.76. The molecule has 5 aromatic rings. The number of benzene rings is 5. The average Bonchev–Trinajstić information content (AvgIpc) is 2.75. The number of rotatable bonds is 3. The van der Waals surface area contributed by atoms with Crippen LogP contribution in [0.4, 0.5) is 0 Å². The Balaban J connectivity index is 1.73. The maximum atomic E-state index is 13.3. The van der Waals surface area contributed by atoms with Crippen molar-refractivity contribution in [3.8, 4) is 0 Å². The van der Waals surface area contributed by atoms with Crippen molar-refractivity contribution in [1.29, 1.82) is 0 Å². The molecule has 6 rings (SSSR count). The molecule has 0 spiro atoms. The molecule has 0 saturated heterocycles. The van der Waals surface area contributed by atoms with E-state index < -0.39 is 0 Å². The van der Waals surface area contributed by atoms with Gasteiger partial charge in [0.1, 0.15) is 0 Å². The molecular weight excluding hydrogens is 372 g/mol. The normalized spacial score (nSPS) is 14.3. The number of likely N-dealkylation sites (N-methyl/N-ethyl adjacent to an activating group) is 1. The molecule has 0 fully saturated rings. The van der Waals surface area contributed by atoms with Crippen molar-refractivity contribution in [1.82, 2.24) is 9.80 Å². The smallest absolute Gasteiger partial charge is 0.261 e. The van der Waals surface area contributed by atoms with E-state index in [9.17, 15) is 9.59 Å². The Morgan fingerprint density at radius 1 is 0.667 bits per heavy atom. The van der Waals surface area contributed by atoms with Gasteiger partial charge in [-0.1, -0.05) is 48.5 Å². The van der Waals surface area contributed by atoms with Crippen molar-refractivity contribution in [3.63, 3.8) is 0 Å². The van der Waals surface area contributed by atoms with Gasteiger partial charge in [0.25, 0.3) is 11.8 Å². The largest absolute Gasteiger partial charge is 0.308 e. The van der Waals surface area contributed by atoms with E-state index in [0.29, 0.717) is 24.2 Å². The lowest BCUT2D eigenvalue weighted by molar-refractivity contribution is 0.0601. The quantitative estimate of drug-likeness (QED) is 0.249. The summed E-state index contributed by atoms with van der Waals surface area (Å²) in [5.41, 5.74) is 1.24. The summed E-state index contributed by atoms with van der Waals surface area (Å²) in [6.07, 6.45) is 0. The van der Waals surface area contributed by atoms with Gasteiger partial charge in [0.15, 0.2) is 0 Å². The predicted molar refractivity (Wildman–Crippen MR) is 122 cm³/mol. The van der Waals surface area contributed by atoms with E-state index in [4.69, 9.17) is 0 Å². The Labute approximate surface area is 173 Å². The van der Waals surface area contributed by atoms with Crippen molar-refractivity contribution >= 4 is 54.9 Å². The number of carbonyl (C=O) groups is 2. The van der Waals surface area contributed by atoms with E-state index in [1.807, 2.05) is 43.3 Å². The van der Waals surface area contributed by atoms with E-state index in [0.717, 1.165) is 32.3 Å². The van der Waals surface area contributed by atoms with Gasteiger partial charge in [-0.3, -0.25) is 14.5 Å². The SMILES string of the molecule is CN(C)CCN1C(=O)c2ccc3c4cccc5cccc(c6ccc(c2c36)C1=O)c54. The van der Waals surface area contributed by atoms with Crippen LogP contribution in [0.15, 0.2) is 60.7 Å². The lowest BCUT2D eigenvalue weighted by atomic mass is 9.85. The van der Waals surface area contributed by atoms with Crippen molar-refractivity contribution in [2.24, 2.45) is 0 Å². The lowest BCUT2D eigenvalue weighted by Gasteiger charge is -2.29. The molecule has 0 radical (unpaired) electrons. The summed E-state index contributed by atoms with van der Waals surface area (Å²) < 4.78 is 0. The van der Waals surface area contributed by atoms with Gasteiger partial charge in [-0.2, -0.15) is 0 Å². The molecule has 0 bridgehead atoms. The molecule has 30 heavy (non-hydrogen) atoms. The zero-order valence-corrected chi connectivity index (χ0v) is 16.9. The molecule has 1 heterocycles. The van der Waals surface area contributed by atoms with E-state index in [2.05, 4.69) is 36.4 Å². The molecule has 5 aromatic carbocycles. The molecule has 0 aromatic heterocycles. The second-order valence-electron chi connectivity index (χ2n) is 8.35. The molecule has 0 aliphatic carbocycles. The molecule has 4 heteroatoms. The number of hydrogen-bond donors (Lipinski definition) is 0. The first kappa shape index (κ1) is 17.4. The topological polar surface area (TPSA) is 40.6 Å². The second kappa shape index (κ2) is 6.00. The van der Waals surface area contributed by atoms with Crippen molar-refractivity contribution in [2.75, 3.05) is 27.2 Å². The first-order valence-electron chi connectivity index (χ1n) is 10.2. The maximum Gasteiger partial charge on any atom is 0.261 e. The highest BCUT2D eigenvalue weighted by atomic mass is 16.2. The van der Waals surface area contributed by atoms with E-state index in [1.165, 1.54) is 15.7 Å². The van der Waals surface area contributed by atoms with Crippen LogP contribution in [0, 0.1) is 0 Å². The minimum absolute atomic E-state index is 0.199. The molecule has 146 valence electrons. The third kappa shape index (κ3) is 2.14. The highest BCUT2D eigenvalue weighted by molar-refractivity contribution is 6.38. The Bertz CT molecular complexity index is 1420. The molecule has 1 aliphatic rings. The van der Waals surface area contributed by atoms with Crippen LogP contribution in [0.25, 0.3) is 43.1 Å². The van der Waals surface area contributed by atoms with Crippen molar-refractivity contribution < 1.29 is 9.59 Å². The average molecular weight is 392 g/mol. The molecule has 0 unspecified atom stereocenters. The number of imide groups is 1. The van der Waals surface area contributed by atoms with Gasteiger partial charge >= 0.3 is 0 Å². The maximum absolute atomic E-state index is 13.3. The van der Waals surface area contributed by atoms with Crippen molar-refractivity contribution in [3.05, 3.63) is 71.8 Å². The lowest BCUT2D eigenvalue weighted by Crippen LogP contribution is -2.43. The van der Waals surface area contributed by atoms with Gasteiger partial charge in [-0.25, -0.2) is 0 Å². The molecule has 4 nitrogen and oxygen atoms in total. The summed E-state index contributed by atoms with van der Waals surface area (Å²) in [7, 11) is 3.88. The van der Waals surface area contributed by atoms with Crippen LogP contribution in [-0.2, 0) is 0 Å². The van der Waals surface area contributed by atoms with Crippen LogP contribution >= 0.6 is 0 Å². The number of fused-ring (bicyclic) bond motifs is 2. The molecular formula is C26H20N2O2. The van der Waals surface area contributed by atoms with Crippen LogP contribution in [-0.4, -0.2) is 48.8 Å². The minimum Gasteiger partial charge on any atom is -0.308 e. The van der Waals surface area contributed by atoms with Crippen LogP contribution in [0.1, 0.15) is 20.7 Å². The standard InChI is InChI=1S/C26H20N2O2/c1-27(2)13-14-28-25(29)20-11-9-18-16-7-3-5-15-6-4-8-17(22(15)16)19-10-12-21(26(28)30)24(20)23(18)19/h3-12H,13-14H2,1-2H3. The van der Waals surface area contributed by atoms with Gasteiger partial charge in [-0.15, -0.1) is 0 Å². The second-order valence-corrected chi connectivity index (χ2v) is 8.35. The monoisotopic (exact) mass is 392 g/mol. The fourth-order valence-electron chi connectivity index (χ4n) is 4.98. The fourth-order valence-corrected chi connectivity index (χ4v) is 4.98.